The third-order valence-electron chi connectivity index (χ3n) is 1.84. The lowest BCUT2D eigenvalue weighted by Gasteiger charge is -2.14. The Kier molecular flexibility index (Phi) is 1.95. The quantitative estimate of drug-likeness (QED) is 0.484. The van der Waals surface area contributed by atoms with Crippen LogP contribution in [0.25, 0.3) is 0 Å². The van der Waals surface area contributed by atoms with Gasteiger partial charge in [0.15, 0.2) is 17.4 Å². The predicted molar refractivity (Wildman–Crippen MR) is 45.2 cm³/mol. The average Bonchev–Trinajstić information content (AvgIpc) is 2.78. The maximum atomic E-state index is 9.41. The van der Waals surface area contributed by atoms with Crippen molar-refractivity contribution >= 4 is 11.7 Å². The smallest absolute Gasteiger partial charge is 0.207 e. The van der Waals surface area contributed by atoms with Gasteiger partial charge >= 0.3 is 0 Å². The van der Waals surface area contributed by atoms with Gasteiger partial charge in [0.25, 0.3) is 0 Å². The van der Waals surface area contributed by atoms with Crippen molar-refractivity contribution in [2.24, 2.45) is 4.99 Å². The molecule has 1 atom stereocenters. The van der Waals surface area contributed by atoms with Crippen LogP contribution in [0.15, 0.2) is 27.8 Å². The Bertz CT molecular complexity index is 372. The van der Waals surface area contributed by atoms with Crippen molar-refractivity contribution in [3.05, 3.63) is 24.2 Å². The minimum atomic E-state index is -0.813. The van der Waals surface area contributed by atoms with Gasteiger partial charge in [-0.15, -0.1) is 0 Å². The highest BCUT2D eigenvalue weighted by Crippen LogP contribution is 2.25. The molecule has 0 amide bonds. The molecule has 1 aromatic rings. The van der Waals surface area contributed by atoms with E-state index in [0.717, 1.165) is 0 Å². The minimum Gasteiger partial charge on any atom is -0.465 e. The zero-order valence-corrected chi connectivity index (χ0v) is 7.01. The van der Waals surface area contributed by atoms with Crippen LogP contribution in [-0.4, -0.2) is 27.1 Å². The molecule has 0 spiro atoms. The molecule has 0 aromatic carbocycles. The van der Waals surface area contributed by atoms with E-state index in [1.807, 2.05) is 0 Å². The number of furan rings is 1. The molecule has 14 heavy (non-hydrogen) atoms. The van der Waals surface area contributed by atoms with Crippen LogP contribution in [0.4, 0.5) is 0 Å². The van der Waals surface area contributed by atoms with E-state index in [4.69, 9.17) is 15.0 Å². The van der Waals surface area contributed by atoms with E-state index in [-0.39, 0.29) is 11.7 Å². The predicted octanol–water partition coefficient (Wildman–Crippen LogP) is 0.338. The maximum Gasteiger partial charge on any atom is 0.207 e. The average molecular weight is 196 g/mol. The van der Waals surface area contributed by atoms with Crippen LogP contribution in [0.2, 0.25) is 0 Å². The van der Waals surface area contributed by atoms with E-state index >= 15 is 0 Å². The third kappa shape index (κ3) is 1.15. The van der Waals surface area contributed by atoms with Gasteiger partial charge < -0.3 is 4.42 Å². The summed E-state index contributed by atoms with van der Waals surface area (Å²) in [5, 5.41) is 25.9. The van der Waals surface area contributed by atoms with Crippen LogP contribution in [0.3, 0.4) is 0 Å². The van der Waals surface area contributed by atoms with E-state index in [2.05, 4.69) is 4.99 Å². The lowest BCUT2D eigenvalue weighted by molar-refractivity contribution is -0.0514. The van der Waals surface area contributed by atoms with E-state index in [1.165, 1.54) is 6.26 Å². The van der Waals surface area contributed by atoms with Gasteiger partial charge in [-0.25, -0.2) is 15.5 Å². The van der Waals surface area contributed by atoms with Crippen LogP contribution in [-0.2, 0) is 0 Å². The summed E-state index contributed by atoms with van der Waals surface area (Å²) < 4.78 is 5.01. The molecule has 0 bridgehead atoms. The highest BCUT2D eigenvalue weighted by atomic mass is 16.5. The second kappa shape index (κ2) is 3.13. The number of amidine groups is 2. The number of rotatable bonds is 1. The second-order valence-electron chi connectivity index (χ2n) is 2.67. The zero-order valence-electron chi connectivity index (χ0n) is 7.01. The molecule has 1 aliphatic heterocycles. The fourth-order valence-corrected chi connectivity index (χ4v) is 1.17. The van der Waals surface area contributed by atoms with Crippen molar-refractivity contribution in [1.29, 1.82) is 5.41 Å². The minimum absolute atomic E-state index is 0.103. The summed E-state index contributed by atoms with van der Waals surface area (Å²) in [6.45, 7) is 0. The summed E-state index contributed by atoms with van der Waals surface area (Å²) in [5.41, 5.74) is 1.72. The Morgan fingerprint density at radius 1 is 1.64 bits per heavy atom. The van der Waals surface area contributed by atoms with Gasteiger partial charge in [-0.2, -0.15) is 0 Å². The van der Waals surface area contributed by atoms with E-state index < -0.39 is 6.17 Å². The van der Waals surface area contributed by atoms with Gasteiger partial charge in [-0.1, -0.05) is 0 Å². The number of nitrogens with zero attached hydrogens (tertiary/aromatic N) is 2. The molecule has 7 heteroatoms. The SMILES string of the molecule is N=C1C(NO)=N[C@@H](c2ccco2)N1O. The van der Waals surface area contributed by atoms with E-state index in [1.54, 1.807) is 17.6 Å². The normalized spacial score (nSPS) is 21.3. The molecule has 0 fully saturated rings. The Morgan fingerprint density at radius 3 is 2.93 bits per heavy atom. The number of hydroxylamine groups is 3. The first-order valence-electron chi connectivity index (χ1n) is 3.82. The summed E-state index contributed by atoms with van der Waals surface area (Å²) in [6.07, 6.45) is 0.624. The number of hydrogen-bond donors (Lipinski definition) is 4. The molecule has 0 saturated heterocycles. The molecular weight excluding hydrogens is 188 g/mol. The van der Waals surface area contributed by atoms with Crippen molar-refractivity contribution in [2.75, 3.05) is 0 Å². The van der Waals surface area contributed by atoms with Crippen molar-refractivity contribution < 1.29 is 14.8 Å². The summed E-state index contributed by atoms with van der Waals surface area (Å²) >= 11 is 0. The summed E-state index contributed by atoms with van der Waals surface area (Å²) in [4.78, 5) is 3.82. The van der Waals surface area contributed by atoms with Crippen LogP contribution >= 0.6 is 0 Å². The fraction of sp³-hybridized carbons (Fsp3) is 0.143. The van der Waals surface area contributed by atoms with Gasteiger partial charge in [0.1, 0.15) is 0 Å². The summed E-state index contributed by atoms with van der Waals surface area (Å²) in [7, 11) is 0. The van der Waals surface area contributed by atoms with E-state index in [9.17, 15) is 5.21 Å². The summed E-state index contributed by atoms with van der Waals surface area (Å²) in [6, 6.07) is 3.26. The van der Waals surface area contributed by atoms with Crippen LogP contribution in [0.1, 0.15) is 11.9 Å². The first-order valence-corrected chi connectivity index (χ1v) is 3.82. The Labute approximate surface area is 78.7 Å². The Morgan fingerprint density at radius 2 is 2.43 bits per heavy atom. The molecule has 0 aliphatic carbocycles. The molecular formula is C7H8N4O3. The van der Waals surface area contributed by atoms with Crippen molar-refractivity contribution in [1.82, 2.24) is 10.5 Å². The molecule has 7 nitrogen and oxygen atoms in total. The third-order valence-corrected chi connectivity index (χ3v) is 1.84. The first kappa shape index (κ1) is 8.73. The lowest BCUT2D eigenvalue weighted by atomic mass is 10.4. The van der Waals surface area contributed by atoms with Gasteiger partial charge in [0.2, 0.25) is 6.17 Å². The fourth-order valence-electron chi connectivity index (χ4n) is 1.17. The first-order chi connectivity index (χ1) is 6.74. The molecule has 74 valence electrons. The molecule has 2 heterocycles. The summed E-state index contributed by atoms with van der Waals surface area (Å²) in [5.74, 6) is -0.0229. The lowest BCUT2D eigenvalue weighted by Crippen LogP contribution is -2.33. The van der Waals surface area contributed by atoms with Gasteiger partial charge in [-0.3, -0.25) is 15.8 Å². The Balaban J connectivity index is 2.31. The van der Waals surface area contributed by atoms with Crippen LogP contribution in [0.5, 0.6) is 0 Å². The topological polar surface area (TPSA) is 105 Å². The number of nitrogens with one attached hydrogen (secondary N) is 2. The highest BCUT2D eigenvalue weighted by Gasteiger charge is 2.33. The Hall–Kier alpha value is -1.86. The van der Waals surface area contributed by atoms with Gasteiger partial charge in [-0.05, 0) is 12.1 Å². The molecule has 1 aromatic heterocycles. The van der Waals surface area contributed by atoms with Gasteiger partial charge in [0.05, 0.1) is 6.26 Å². The van der Waals surface area contributed by atoms with Crippen molar-refractivity contribution in [3.8, 4) is 0 Å². The molecule has 4 N–H and O–H groups in total. The monoisotopic (exact) mass is 196 g/mol. The molecule has 0 unspecified atom stereocenters. The standard InChI is InChI=1S/C7H8N4O3/c8-5-6(10-12)9-7(11(5)13)4-2-1-3-14-4/h1-3,7-8,12-13H,(H,9,10)/t7-/m1/s1. The van der Waals surface area contributed by atoms with E-state index in [0.29, 0.717) is 10.8 Å². The van der Waals surface area contributed by atoms with Crippen LogP contribution in [0, 0.1) is 5.41 Å². The molecule has 0 saturated carbocycles. The highest BCUT2D eigenvalue weighted by molar-refractivity contribution is 6.39. The zero-order chi connectivity index (χ0) is 10.1. The van der Waals surface area contributed by atoms with Gasteiger partial charge in [0, 0.05) is 0 Å². The number of hydrogen-bond acceptors (Lipinski definition) is 6. The largest absolute Gasteiger partial charge is 0.465 e. The molecule has 1 aliphatic rings. The maximum absolute atomic E-state index is 9.41. The van der Waals surface area contributed by atoms with Crippen molar-refractivity contribution in [2.45, 2.75) is 6.17 Å². The van der Waals surface area contributed by atoms with Crippen molar-refractivity contribution in [3.63, 3.8) is 0 Å². The molecule has 2 rings (SSSR count). The molecule has 0 radical (unpaired) electrons. The van der Waals surface area contributed by atoms with Crippen LogP contribution < -0.4 is 5.48 Å². The second-order valence-corrected chi connectivity index (χ2v) is 2.67. The number of aliphatic imine (C=N–C) groups is 1.